The molecule has 230 valence electrons. The molecule has 0 amide bonds. The van der Waals surface area contributed by atoms with Crippen LogP contribution in [0.2, 0.25) is 0 Å². The molecule has 7 heteroatoms. The van der Waals surface area contributed by atoms with E-state index in [1.807, 2.05) is 32.1 Å². The standard InChI is InChI=1S/C21H22P.C10H14.C5H5.4ClH.Ru.Ti/c1-3-14-20(15-4-1)22(21-16-5-2-6-17-21)18-10-9-13-19-11-7-8-12-19;1-8(2)10-6-4-9(3)5-7-10;1-2-4-5-3-1;;;;;;/h1-8,11-12,14-17H,9-10,13,18H2;4-8H,1-3H3;1-5H;4*1H;;/q;;;;;;;2*+2/p-4. The van der Waals surface area contributed by atoms with Crippen LogP contribution in [0.4, 0.5) is 0 Å². The summed E-state index contributed by atoms with van der Waals surface area (Å²) in [4.78, 5) is 0. The number of hydrogen-bond donors (Lipinski definition) is 0. The van der Waals surface area contributed by atoms with Crippen LogP contribution in [0.15, 0.2) is 60.7 Å². The Balaban J connectivity index is -0.000000308. The molecule has 3 aliphatic rings. The van der Waals surface area contributed by atoms with E-state index < -0.39 is 0 Å². The first-order chi connectivity index (χ1) is 18.1. The van der Waals surface area contributed by atoms with E-state index in [0.29, 0.717) is 5.92 Å². The zero-order valence-electron chi connectivity index (χ0n) is 25.0. The predicted octanol–water partition coefficient (Wildman–Crippen LogP) is -3.63. The normalized spacial score (nSPS) is 16.3. The summed E-state index contributed by atoms with van der Waals surface area (Å²) in [5, 5.41) is 2.99. The molecule has 16 radical (unpaired) electrons. The van der Waals surface area contributed by atoms with Crippen LogP contribution < -0.4 is 60.2 Å². The molecular weight excluding hydrogens is 754 g/mol. The number of halogens is 4. The molecule has 0 atom stereocenters. The molecule has 0 heterocycles. The van der Waals surface area contributed by atoms with Crippen molar-refractivity contribution in [3.8, 4) is 0 Å². The first-order valence-corrected chi connectivity index (χ1v) is 15.0. The van der Waals surface area contributed by atoms with Crippen LogP contribution in [0.5, 0.6) is 0 Å². The van der Waals surface area contributed by atoms with Gasteiger partial charge in [-0.15, -0.1) is 0 Å². The van der Waals surface area contributed by atoms with Crippen LogP contribution in [0.1, 0.15) is 40.0 Å². The molecule has 3 aliphatic carbocycles. The van der Waals surface area contributed by atoms with Crippen molar-refractivity contribution in [2.75, 3.05) is 6.16 Å². The van der Waals surface area contributed by atoms with Crippen molar-refractivity contribution in [2.45, 2.75) is 40.0 Å². The maximum atomic E-state index is 2.29. The van der Waals surface area contributed by atoms with Crippen LogP contribution in [-0.4, -0.2) is 6.16 Å². The summed E-state index contributed by atoms with van der Waals surface area (Å²) >= 11 is 0. The second kappa shape index (κ2) is 31.9. The first-order valence-electron chi connectivity index (χ1n) is 13.4. The van der Waals surface area contributed by atoms with E-state index in [1.54, 1.807) is 0 Å². The van der Waals surface area contributed by atoms with Crippen LogP contribution in [0.25, 0.3) is 0 Å². The van der Waals surface area contributed by atoms with E-state index in [2.05, 4.69) is 133 Å². The monoisotopic (exact) mass is 794 g/mol. The minimum Gasteiger partial charge on any atom is -1.00 e. The van der Waals surface area contributed by atoms with Crippen molar-refractivity contribution in [1.29, 1.82) is 0 Å². The van der Waals surface area contributed by atoms with Gasteiger partial charge in [-0.25, -0.2) is 0 Å². The van der Waals surface area contributed by atoms with Gasteiger partial charge >= 0.3 is 41.2 Å². The summed E-state index contributed by atoms with van der Waals surface area (Å²) in [6.45, 7) is 6.54. The fourth-order valence-corrected chi connectivity index (χ4v) is 6.49. The Kier molecular flexibility index (Phi) is 38.0. The van der Waals surface area contributed by atoms with Gasteiger partial charge in [-0.1, -0.05) is 87.9 Å². The SMILES string of the molecule is C[C]1[CH][CH][C](C(C)C)[CH][CH]1.[CH]1[CH][CH][CH][CH]1.[CH]1[CH][CH][C](CCCCP(c2ccccc2)c2ccccc2)[CH]1.[Cl-].[Cl-].[Cl-].[Cl-].[Ru+2].[Ti+2]. The maximum absolute atomic E-state index is 2.29. The molecule has 2 aromatic carbocycles. The van der Waals surface area contributed by atoms with Crippen LogP contribution >= 0.6 is 7.92 Å². The van der Waals surface area contributed by atoms with Crippen molar-refractivity contribution < 1.29 is 90.8 Å². The van der Waals surface area contributed by atoms with Crippen molar-refractivity contribution in [3.05, 3.63) is 162 Å². The number of unbranched alkanes of at least 4 members (excludes halogenated alkanes) is 1. The van der Waals surface area contributed by atoms with E-state index in [-0.39, 0.29) is 98.7 Å². The van der Waals surface area contributed by atoms with Gasteiger partial charge in [0.2, 0.25) is 0 Å². The predicted molar refractivity (Wildman–Crippen MR) is 164 cm³/mol. The average Bonchev–Trinajstić information content (AvgIpc) is 3.68. The summed E-state index contributed by atoms with van der Waals surface area (Å²) in [5.74, 6) is 4.89. The molecule has 0 aliphatic heterocycles. The smallest absolute Gasteiger partial charge is 1.00 e. The molecule has 0 aromatic heterocycles. The molecule has 2 aromatic rings. The van der Waals surface area contributed by atoms with E-state index in [9.17, 15) is 0 Å². The maximum Gasteiger partial charge on any atom is 2.00 e. The quantitative estimate of drug-likeness (QED) is 0.147. The number of rotatable bonds is 8. The Bertz CT molecular complexity index is 765. The Labute approximate surface area is 320 Å². The third-order valence-electron chi connectivity index (χ3n) is 6.26. The van der Waals surface area contributed by atoms with Crippen LogP contribution in [0, 0.1) is 107 Å². The molecule has 0 saturated heterocycles. The Morgan fingerprint density at radius 2 is 0.977 bits per heavy atom. The second-order valence-corrected chi connectivity index (χ2v) is 11.9. The molecule has 3 fully saturated rings. The molecule has 0 nitrogen and oxygen atoms in total. The van der Waals surface area contributed by atoms with E-state index in [0.717, 1.165) is 0 Å². The van der Waals surface area contributed by atoms with Gasteiger partial charge in [0.1, 0.15) is 0 Å². The fourth-order valence-electron chi connectivity index (χ4n) is 4.07. The molecule has 0 bridgehead atoms. The third kappa shape index (κ3) is 21.8. The van der Waals surface area contributed by atoms with Gasteiger partial charge in [-0.3, -0.25) is 0 Å². The van der Waals surface area contributed by atoms with Crippen molar-refractivity contribution in [1.82, 2.24) is 0 Å². The van der Waals surface area contributed by atoms with Crippen molar-refractivity contribution in [3.63, 3.8) is 0 Å². The molecule has 0 spiro atoms. The summed E-state index contributed by atoms with van der Waals surface area (Å²) in [5.41, 5.74) is 0. The third-order valence-corrected chi connectivity index (χ3v) is 8.87. The van der Waals surface area contributed by atoms with Crippen molar-refractivity contribution in [2.24, 2.45) is 5.92 Å². The minimum atomic E-state index is -0.220. The van der Waals surface area contributed by atoms with Gasteiger partial charge in [0, 0.05) is 0 Å². The Morgan fingerprint density at radius 3 is 1.37 bits per heavy atom. The van der Waals surface area contributed by atoms with Crippen molar-refractivity contribution >= 4 is 18.5 Å². The molecular formula is C36H41Cl4PRuTi. The Morgan fingerprint density at radius 1 is 0.558 bits per heavy atom. The zero-order chi connectivity index (χ0) is 26.1. The van der Waals surface area contributed by atoms with Gasteiger partial charge < -0.3 is 49.6 Å². The molecule has 43 heavy (non-hydrogen) atoms. The number of benzene rings is 2. The zero-order valence-corrected chi connectivity index (χ0v) is 32.2. The fraction of sp³-hybridized carbons (Fsp3) is 0.222. The van der Waals surface area contributed by atoms with Gasteiger partial charge in [0.15, 0.2) is 0 Å². The summed E-state index contributed by atoms with van der Waals surface area (Å²) in [7, 11) is -0.220. The molecule has 5 rings (SSSR count). The second-order valence-electron chi connectivity index (χ2n) is 9.60. The molecule has 0 unspecified atom stereocenters. The summed E-state index contributed by atoms with van der Waals surface area (Å²) in [6, 6.07) is 22.0. The van der Waals surface area contributed by atoms with Gasteiger partial charge in [0.25, 0.3) is 0 Å². The first kappa shape index (κ1) is 51.2. The molecule has 0 N–H and O–H groups in total. The average molecular weight is 795 g/mol. The number of hydrogen-bond acceptors (Lipinski definition) is 0. The van der Waals surface area contributed by atoms with Gasteiger partial charge in [0.05, 0.1) is 0 Å². The topological polar surface area (TPSA) is 0 Å². The van der Waals surface area contributed by atoms with E-state index in [4.69, 9.17) is 0 Å². The van der Waals surface area contributed by atoms with E-state index in [1.165, 1.54) is 53.8 Å². The van der Waals surface area contributed by atoms with Gasteiger partial charge in [-0.05, 0) is 145 Å². The van der Waals surface area contributed by atoms with E-state index >= 15 is 0 Å². The van der Waals surface area contributed by atoms with Crippen LogP contribution in [-0.2, 0) is 41.2 Å². The summed E-state index contributed by atoms with van der Waals surface area (Å²) < 4.78 is 0. The Hall–Kier alpha value is 1.37. The summed E-state index contributed by atoms with van der Waals surface area (Å²) in [6.07, 6.45) is 32.5. The van der Waals surface area contributed by atoms with Crippen LogP contribution in [0.3, 0.4) is 0 Å². The molecule has 3 saturated carbocycles. The largest absolute Gasteiger partial charge is 2.00 e. The van der Waals surface area contributed by atoms with Gasteiger partial charge in [-0.2, -0.15) is 0 Å². The minimum absolute atomic E-state index is 0.